The third-order valence-corrected chi connectivity index (χ3v) is 4.55. The minimum Gasteiger partial charge on any atom is -0.372 e. The molecule has 0 atom stereocenters. The van der Waals surface area contributed by atoms with Crippen LogP contribution in [0.1, 0.15) is 41.3 Å². The first-order valence-electron chi connectivity index (χ1n) is 7.97. The number of hydrogen-bond acceptors (Lipinski definition) is 3. The van der Waals surface area contributed by atoms with Crippen molar-refractivity contribution < 1.29 is 9.53 Å². The van der Waals surface area contributed by atoms with Crippen LogP contribution in [0.25, 0.3) is 0 Å². The van der Waals surface area contributed by atoms with Crippen molar-refractivity contribution in [3.8, 4) is 0 Å². The zero-order valence-corrected chi connectivity index (χ0v) is 14.0. The zero-order chi connectivity index (χ0) is 14.7. The van der Waals surface area contributed by atoms with Gasteiger partial charge in [0.1, 0.15) is 0 Å². The largest absolute Gasteiger partial charge is 0.372 e. The van der Waals surface area contributed by atoms with E-state index >= 15 is 0 Å². The van der Waals surface area contributed by atoms with Crippen molar-refractivity contribution in [2.45, 2.75) is 33.0 Å². The van der Waals surface area contributed by atoms with Gasteiger partial charge in [0.25, 0.3) is 5.91 Å². The summed E-state index contributed by atoms with van der Waals surface area (Å²) < 4.78 is 5.41. The van der Waals surface area contributed by atoms with Gasteiger partial charge in [-0.1, -0.05) is 13.0 Å². The van der Waals surface area contributed by atoms with Gasteiger partial charge in [0.05, 0.1) is 13.2 Å². The molecule has 1 N–H and O–H groups in total. The number of carbonyl (C=O) groups excluding carboxylic acids is 1. The summed E-state index contributed by atoms with van der Waals surface area (Å²) in [5, 5.41) is 3.40. The molecular weight excluding hydrogens is 300 g/mol. The molecular formula is C17H25ClN2O2. The van der Waals surface area contributed by atoms with Crippen LogP contribution in [-0.2, 0) is 18.0 Å². The Bertz CT molecular complexity index is 513. The van der Waals surface area contributed by atoms with Crippen LogP contribution in [0, 0.1) is 5.92 Å². The number of fused-ring (bicyclic) bond motifs is 1. The van der Waals surface area contributed by atoms with Gasteiger partial charge in [0.2, 0.25) is 0 Å². The van der Waals surface area contributed by atoms with Crippen LogP contribution >= 0.6 is 12.4 Å². The van der Waals surface area contributed by atoms with Crippen molar-refractivity contribution in [3.05, 3.63) is 34.9 Å². The zero-order valence-electron chi connectivity index (χ0n) is 13.1. The van der Waals surface area contributed by atoms with Crippen LogP contribution in [0.2, 0.25) is 0 Å². The lowest BCUT2D eigenvalue weighted by Crippen LogP contribution is -2.40. The molecule has 0 unspecified atom stereocenters. The van der Waals surface area contributed by atoms with Crippen molar-refractivity contribution >= 4 is 18.3 Å². The number of rotatable bonds is 4. The van der Waals surface area contributed by atoms with Gasteiger partial charge >= 0.3 is 0 Å². The van der Waals surface area contributed by atoms with E-state index in [1.165, 1.54) is 11.1 Å². The quantitative estimate of drug-likeness (QED) is 0.925. The van der Waals surface area contributed by atoms with Crippen molar-refractivity contribution in [3.63, 3.8) is 0 Å². The maximum Gasteiger partial charge on any atom is 0.253 e. The Morgan fingerprint density at radius 2 is 2.00 bits per heavy atom. The van der Waals surface area contributed by atoms with Crippen molar-refractivity contribution in [2.24, 2.45) is 5.92 Å². The van der Waals surface area contributed by atoms with Gasteiger partial charge in [-0.2, -0.15) is 0 Å². The van der Waals surface area contributed by atoms with Crippen LogP contribution < -0.4 is 5.32 Å². The number of likely N-dealkylation sites (tertiary alicyclic amines) is 1. The average Bonchev–Trinajstić information content (AvgIpc) is 3.00. The summed E-state index contributed by atoms with van der Waals surface area (Å²) in [6.07, 6.45) is 2.21. The van der Waals surface area contributed by atoms with Crippen LogP contribution in [0.15, 0.2) is 18.2 Å². The monoisotopic (exact) mass is 324 g/mol. The van der Waals surface area contributed by atoms with E-state index in [-0.39, 0.29) is 18.3 Å². The van der Waals surface area contributed by atoms with Gasteiger partial charge in [-0.15, -0.1) is 12.4 Å². The summed E-state index contributed by atoms with van der Waals surface area (Å²) in [5.41, 5.74) is 3.20. The summed E-state index contributed by atoms with van der Waals surface area (Å²) in [5.74, 6) is 0.883. The van der Waals surface area contributed by atoms with Crippen molar-refractivity contribution in [1.82, 2.24) is 10.2 Å². The number of piperidine rings is 1. The smallest absolute Gasteiger partial charge is 0.253 e. The van der Waals surface area contributed by atoms with E-state index in [1.54, 1.807) is 0 Å². The van der Waals surface area contributed by atoms with Gasteiger partial charge in [-0.3, -0.25) is 4.79 Å². The Balaban J connectivity index is 0.00000176. The molecule has 1 saturated heterocycles. The number of carbonyl (C=O) groups is 1. The van der Waals surface area contributed by atoms with E-state index in [9.17, 15) is 4.79 Å². The van der Waals surface area contributed by atoms with Gasteiger partial charge in [0, 0.05) is 18.7 Å². The fourth-order valence-corrected chi connectivity index (χ4v) is 3.18. The number of nitrogens with zero attached hydrogens (tertiary/aromatic N) is 1. The molecule has 1 amide bonds. The predicted molar refractivity (Wildman–Crippen MR) is 89.4 cm³/mol. The van der Waals surface area contributed by atoms with Gasteiger partial charge in [-0.05, 0) is 55.1 Å². The van der Waals surface area contributed by atoms with Crippen LogP contribution in [0.3, 0.4) is 0 Å². The first-order valence-corrected chi connectivity index (χ1v) is 7.97. The molecule has 0 aliphatic carbocycles. The molecule has 2 aliphatic heterocycles. The fraction of sp³-hybridized carbons (Fsp3) is 0.588. The lowest BCUT2D eigenvalue weighted by molar-refractivity contribution is 0.0690. The normalized spacial score (nSPS) is 18.0. The molecule has 22 heavy (non-hydrogen) atoms. The highest BCUT2D eigenvalue weighted by Crippen LogP contribution is 2.23. The van der Waals surface area contributed by atoms with Crippen LogP contribution in [0.5, 0.6) is 0 Å². The predicted octanol–water partition coefficient (Wildman–Crippen LogP) is 2.60. The third-order valence-electron chi connectivity index (χ3n) is 4.55. The summed E-state index contributed by atoms with van der Waals surface area (Å²) in [4.78, 5) is 14.6. The Hall–Kier alpha value is -1.10. The molecule has 5 heteroatoms. The summed E-state index contributed by atoms with van der Waals surface area (Å²) >= 11 is 0. The molecule has 122 valence electrons. The molecule has 0 spiro atoms. The number of halogens is 1. The van der Waals surface area contributed by atoms with Gasteiger partial charge in [0.15, 0.2) is 0 Å². The molecule has 0 saturated carbocycles. The molecule has 2 heterocycles. The maximum atomic E-state index is 12.6. The topological polar surface area (TPSA) is 41.6 Å². The van der Waals surface area contributed by atoms with E-state index in [0.717, 1.165) is 44.6 Å². The average molecular weight is 325 g/mol. The van der Waals surface area contributed by atoms with Crippen LogP contribution in [-0.4, -0.2) is 37.0 Å². The van der Waals surface area contributed by atoms with Crippen LogP contribution in [0.4, 0.5) is 0 Å². The minimum absolute atomic E-state index is 0. The molecule has 1 aromatic rings. The number of ether oxygens (including phenoxy) is 1. The number of nitrogens with one attached hydrogen (secondary N) is 1. The second-order valence-electron chi connectivity index (χ2n) is 6.02. The molecule has 4 nitrogen and oxygen atoms in total. The first-order chi connectivity index (χ1) is 10.3. The number of hydrogen-bond donors (Lipinski definition) is 1. The molecule has 3 rings (SSSR count). The molecule has 1 fully saturated rings. The molecule has 0 bridgehead atoms. The lowest BCUT2D eigenvalue weighted by Gasteiger charge is -2.32. The highest BCUT2D eigenvalue weighted by molar-refractivity contribution is 5.94. The fourth-order valence-electron chi connectivity index (χ4n) is 3.18. The number of amides is 1. The Kier molecular flexibility index (Phi) is 6.24. The van der Waals surface area contributed by atoms with Crippen molar-refractivity contribution in [2.75, 3.05) is 26.2 Å². The second-order valence-corrected chi connectivity index (χ2v) is 6.02. The SMILES string of the molecule is CCNCC1CCN(C(=O)c2ccc3c(c2)COC3)CC1.Cl. The number of benzene rings is 1. The Morgan fingerprint density at radius 3 is 2.73 bits per heavy atom. The Morgan fingerprint density at radius 1 is 1.27 bits per heavy atom. The first kappa shape index (κ1) is 17.3. The van der Waals surface area contributed by atoms with Gasteiger partial charge < -0.3 is 15.0 Å². The molecule has 1 aromatic carbocycles. The molecule has 2 aliphatic rings. The second kappa shape index (κ2) is 7.95. The standard InChI is InChI=1S/C17H24N2O2.ClH/c1-2-18-10-13-5-7-19(8-6-13)17(20)14-3-4-15-11-21-12-16(15)9-14;/h3-4,9,13,18H,2,5-8,10-12H2,1H3;1H. The minimum atomic E-state index is 0. The lowest BCUT2D eigenvalue weighted by atomic mass is 9.96. The molecule has 0 aromatic heterocycles. The van der Waals surface area contributed by atoms with Gasteiger partial charge in [-0.25, -0.2) is 0 Å². The van der Waals surface area contributed by atoms with E-state index in [2.05, 4.69) is 12.2 Å². The highest BCUT2D eigenvalue weighted by Gasteiger charge is 2.24. The third kappa shape index (κ3) is 3.80. The summed E-state index contributed by atoms with van der Waals surface area (Å²) in [7, 11) is 0. The van der Waals surface area contributed by atoms with Crippen molar-refractivity contribution in [1.29, 1.82) is 0 Å². The molecule has 0 radical (unpaired) electrons. The van der Waals surface area contributed by atoms with E-state index in [1.807, 2.05) is 23.1 Å². The summed E-state index contributed by atoms with van der Waals surface area (Å²) in [6.45, 7) is 7.31. The van der Waals surface area contributed by atoms with E-state index < -0.39 is 0 Å². The summed E-state index contributed by atoms with van der Waals surface area (Å²) in [6, 6.07) is 5.99. The Labute approximate surface area is 138 Å². The van der Waals surface area contributed by atoms with E-state index in [0.29, 0.717) is 19.1 Å². The maximum absolute atomic E-state index is 12.6. The van der Waals surface area contributed by atoms with E-state index in [4.69, 9.17) is 4.74 Å². The highest BCUT2D eigenvalue weighted by atomic mass is 35.5.